The summed E-state index contributed by atoms with van der Waals surface area (Å²) in [6.07, 6.45) is 4.06. The van der Waals surface area contributed by atoms with E-state index in [1.54, 1.807) is 0 Å². The van der Waals surface area contributed by atoms with Crippen LogP contribution in [0.4, 0.5) is 0 Å². The molecule has 2 rings (SSSR count). The minimum atomic E-state index is 0.399. The number of hydrogen-bond donors (Lipinski definition) is 0. The van der Waals surface area contributed by atoms with Crippen LogP contribution >= 0.6 is 0 Å². The molecule has 0 saturated heterocycles. The van der Waals surface area contributed by atoms with E-state index in [0.717, 1.165) is 31.4 Å². The Morgan fingerprint density at radius 3 is 2.82 bits per heavy atom. The summed E-state index contributed by atoms with van der Waals surface area (Å²) in [6, 6.07) is 0. The number of rotatable bonds is 0. The highest BCUT2D eigenvalue weighted by Crippen LogP contribution is 2.32. The van der Waals surface area contributed by atoms with Crippen molar-refractivity contribution in [2.24, 2.45) is 0 Å². The third kappa shape index (κ3) is 0.971. The van der Waals surface area contributed by atoms with Crippen molar-refractivity contribution >= 4 is 5.78 Å². The van der Waals surface area contributed by atoms with Crippen LogP contribution in [0.5, 0.6) is 0 Å². The quantitative estimate of drug-likeness (QED) is 0.520. The Bertz CT molecular complexity index is 230. The van der Waals surface area contributed by atoms with Gasteiger partial charge in [-0.25, -0.2) is 0 Å². The minimum absolute atomic E-state index is 0.399. The van der Waals surface area contributed by atoms with Crippen molar-refractivity contribution in [2.45, 2.75) is 25.7 Å². The van der Waals surface area contributed by atoms with Gasteiger partial charge in [0.2, 0.25) is 0 Å². The fraction of sp³-hybridized carbons (Fsp3) is 0.667. The number of allylic oxidation sites excluding steroid dienone is 2. The lowest BCUT2D eigenvalue weighted by Gasteiger charge is -2.25. The van der Waals surface area contributed by atoms with Gasteiger partial charge in [0.05, 0.1) is 0 Å². The number of carbonyl (C=O) groups is 1. The summed E-state index contributed by atoms with van der Waals surface area (Å²) < 4.78 is 0. The Balaban J connectivity index is 2.34. The maximum absolute atomic E-state index is 11.3. The summed E-state index contributed by atoms with van der Waals surface area (Å²) in [5.74, 6) is 0.399. The second kappa shape index (κ2) is 2.36. The highest BCUT2D eigenvalue weighted by atomic mass is 16.1. The predicted octanol–water partition coefficient (Wildman–Crippen LogP) is 1.33. The molecule has 0 unspecified atom stereocenters. The van der Waals surface area contributed by atoms with Crippen molar-refractivity contribution in [3.63, 3.8) is 0 Å². The van der Waals surface area contributed by atoms with Crippen LogP contribution in [0.15, 0.2) is 11.3 Å². The van der Waals surface area contributed by atoms with Gasteiger partial charge in [0, 0.05) is 31.3 Å². The van der Waals surface area contributed by atoms with Gasteiger partial charge in [0.25, 0.3) is 0 Å². The number of hydrogen-bond acceptors (Lipinski definition) is 2. The molecule has 0 aromatic heterocycles. The molecule has 2 aliphatic rings. The second-order valence-corrected chi connectivity index (χ2v) is 3.37. The molecule has 0 radical (unpaired) electrons. The van der Waals surface area contributed by atoms with E-state index >= 15 is 0 Å². The van der Waals surface area contributed by atoms with E-state index in [-0.39, 0.29) is 0 Å². The van der Waals surface area contributed by atoms with Gasteiger partial charge in [0.1, 0.15) is 0 Å². The van der Waals surface area contributed by atoms with E-state index in [4.69, 9.17) is 0 Å². The van der Waals surface area contributed by atoms with E-state index in [9.17, 15) is 4.79 Å². The van der Waals surface area contributed by atoms with Gasteiger partial charge in [0.15, 0.2) is 5.78 Å². The van der Waals surface area contributed by atoms with E-state index in [1.165, 1.54) is 12.1 Å². The highest BCUT2D eigenvalue weighted by Gasteiger charge is 2.26. The summed E-state index contributed by atoms with van der Waals surface area (Å²) in [5, 5.41) is 0. The Morgan fingerprint density at radius 1 is 1.27 bits per heavy atom. The van der Waals surface area contributed by atoms with Gasteiger partial charge < -0.3 is 4.90 Å². The number of nitrogens with zero attached hydrogens (tertiary/aromatic N) is 1. The zero-order chi connectivity index (χ0) is 7.84. The molecule has 0 N–H and O–H groups in total. The lowest BCUT2D eigenvalue weighted by atomic mass is 10.0. The molecular formula is C9H13NO. The first-order chi connectivity index (χ1) is 5.29. The van der Waals surface area contributed by atoms with Gasteiger partial charge >= 0.3 is 0 Å². The minimum Gasteiger partial charge on any atom is -0.377 e. The SMILES string of the molecule is CN1CCC(=O)C2=C1CCC2. The maximum Gasteiger partial charge on any atom is 0.162 e. The molecule has 0 amide bonds. The molecule has 2 nitrogen and oxygen atoms in total. The topological polar surface area (TPSA) is 20.3 Å². The fourth-order valence-corrected chi connectivity index (χ4v) is 2.00. The first-order valence-corrected chi connectivity index (χ1v) is 4.25. The lowest BCUT2D eigenvalue weighted by molar-refractivity contribution is -0.116. The summed E-state index contributed by atoms with van der Waals surface area (Å²) in [4.78, 5) is 13.6. The number of carbonyl (C=O) groups excluding carboxylic acids is 1. The Hall–Kier alpha value is -0.790. The van der Waals surface area contributed by atoms with Crippen LogP contribution in [0, 0.1) is 0 Å². The average Bonchev–Trinajstić information content (AvgIpc) is 2.45. The average molecular weight is 151 g/mol. The molecular weight excluding hydrogens is 138 g/mol. The number of Topliss-reactive ketones (excluding diaryl/α,β-unsaturated/α-hetero) is 1. The molecule has 1 heterocycles. The summed E-state index contributed by atoms with van der Waals surface area (Å²) >= 11 is 0. The molecule has 60 valence electrons. The van der Waals surface area contributed by atoms with Gasteiger partial charge in [-0.2, -0.15) is 0 Å². The van der Waals surface area contributed by atoms with E-state index < -0.39 is 0 Å². The summed E-state index contributed by atoms with van der Waals surface area (Å²) in [6.45, 7) is 0.928. The molecule has 0 fully saturated rings. The molecule has 0 bridgehead atoms. The predicted molar refractivity (Wildman–Crippen MR) is 43.1 cm³/mol. The van der Waals surface area contributed by atoms with E-state index in [1.807, 2.05) is 0 Å². The van der Waals surface area contributed by atoms with Gasteiger partial charge in [-0.3, -0.25) is 4.79 Å². The largest absolute Gasteiger partial charge is 0.377 e. The molecule has 0 atom stereocenters. The summed E-state index contributed by atoms with van der Waals surface area (Å²) in [5.41, 5.74) is 2.44. The van der Waals surface area contributed by atoms with Crippen LogP contribution in [-0.4, -0.2) is 24.3 Å². The standard InChI is InChI=1S/C9H13NO/c1-10-6-5-9(11)7-3-2-4-8(7)10/h2-6H2,1H3. The van der Waals surface area contributed by atoms with E-state index in [2.05, 4.69) is 11.9 Å². The molecule has 0 spiro atoms. The van der Waals surface area contributed by atoms with Crippen LogP contribution in [0.3, 0.4) is 0 Å². The Kier molecular flexibility index (Phi) is 1.48. The normalized spacial score (nSPS) is 24.5. The zero-order valence-corrected chi connectivity index (χ0v) is 6.89. The third-order valence-electron chi connectivity index (χ3n) is 2.66. The van der Waals surface area contributed by atoms with Crippen LogP contribution in [0.25, 0.3) is 0 Å². The molecule has 1 aliphatic heterocycles. The van der Waals surface area contributed by atoms with Crippen molar-refractivity contribution in [2.75, 3.05) is 13.6 Å². The lowest BCUT2D eigenvalue weighted by Crippen LogP contribution is -2.27. The van der Waals surface area contributed by atoms with Crippen LogP contribution in [0.1, 0.15) is 25.7 Å². The van der Waals surface area contributed by atoms with Gasteiger partial charge in [-0.15, -0.1) is 0 Å². The molecule has 0 aromatic rings. The van der Waals surface area contributed by atoms with Crippen LogP contribution in [-0.2, 0) is 4.79 Å². The van der Waals surface area contributed by atoms with Crippen LogP contribution in [0.2, 0.25) is 0 Å². The monoisotopic (exact) mass is 151 g/mol. The Morgan fingerprint density at radius 2 is 2.09 bits per heavy atom. The van der Waals surface area contributed by atoms with Crippen molar-refractivity contribution < 1.29 is 4.79 Å². The van der Waals surface area contributed by atoms with Crippen molar-refractivity contribution in [3.8, 4) is 0 Å². The molecule has 11 heavy (non-hydrogen) atoms. The smallest absolute Gasteiger partial charge is 0.162 e. The fourth-order valence-electron chi connectivity index (χ4n) is 2.00. The third-order valence-corrected chi connectivity index (χ3v) is 2.66. The van der Waals surface area contributed by atoms with Crippen molar-refractivity contribution in [1.29, 1.82) is 0 Å². The van der Waals surface area contributed by atoms with Crippen LogP contribution < -0.4 is 0 Å². The molecule has 0 aromatic carbocycles. The maximum atomic E-state index is 11.3. The van der Waals surface area contributed by atoms with E-state index in [0.29, 0.717) is 5.78 Å². The first-order valence-electron chi connectivity index (χ1n) is 4.25. The second-order valence-electron chi connectivity index (χ2n) is 3.37. The number of ketones is 1. The van der Waals surface area contributed by atoms with Crippen molar-refractivity contribution in [3.05, 3.63) is 11.3 Å². The Labute approximate surface area is 66.9 Å². The molecule has 0 saturated carbocycles. The summed E-state index contributed by atoms with van der Waals surface area (Å²) in [7, 11) is 2.09. The molecule has 2 heteroatoms. The first kappa shape index (κ1) is 6.89. The van der Waals surface area contributed by atoms with Gasteiger partial charge in [-0.1, -0.05) is 0 Å². The highest BCUT2D eigenvalue weighted by molar-refractivity contribution is 5.97. The molecule has 1 aliphatic carbocycles. The zero-order valence-electron chi connectivity index (χ0n) is 6.89. The van der Waals surface area contributed by atoms with Gasteiger partial charge in [-0.05, 0) is 19.3 Å². The van der Waals surface area contributed by atoms with Crippen molar-refractivity contribution in [1.82, 2.24) is 4.90 Å².